The van der Waals surface area contributed by atoms with Crippen LogP contribution in [0, 0.1) is 17.0 Å². The monoisotopic (exact) mass is 304 g/mol. The second kappa shape index (κ2) is 6.70. The van der Waals surface area contributed by atoms with Crippen molar-refractivity contribution in [3.8, 4) is 5.75 Å². The first-order valence-electron chi connectivity index (χ1n) is 6.62. The number of benzene rings is 1. The fraction of sp³-hybridized carbons (Fsp3) is 0.286. The maximum absolute atomic E-state index is 11.9. The largest absolute Gasteiger partial charge is 0.496 e. The molecule has 1 aromatic carbocycles. The molecule has 8 nitrogen and oxygen atoms in total. The summed E-state index contributed by atoms with van der Waals surface area (Å²) in [5, 5.41) is 17.7. The predicted molar refractivity (Wildman–Crippen MR) is 79.9 cm³/mol. The van der Waals surface area contributed by atoms with Crippen molar-refractivity contribution in [2.24, 2.45) is 0 Å². The average molecular weight is 304 g/mol. The molecule has 0 unspecified atom stereocenters. The van der Waals surface area contributed by atoms with Crippen LogP contribution < -0.4 is 10.1 Å². The summed E-state index contributed by atoms with van der Waals surface area (Å²) in [4.78, 5) is 22.4. The number of hydrogen-bond acceptors (Lipinski definition) is 5. The zero-order chi connectivity index (χ0) is 16.1. The number of anilines is 1. The third-order valence-electron chi connectivity index (χ3n) is 3.16. The normalized spacial score (nSPS) is 10.3. The van der Waals surface area contributed by atoms with Gasteiger partial charge in [0, 0.05) is 24.9 Å². The summed E-state index contributed by atoms with van der Waals surface area (Å²) >= 11 is 0. The Labute approximate surface area is 126 Å². The maximum atomic E-state index is 11.9. The second-order valence-electron chi connectivity index (χ2n) is 4.63. The van der Waals surface area contributed by atoms with E-state index in [0.29, 0.717) is 12.3 Å². The zero-order valence-corrected chi connectivity index (χ0v) is 12.3. The smallest absolute Gasteiger partial charge is 0.296 e. The molecule has 22 heavy (non-hydrogen) atoms. The topological polar surface area (TPSA) is 99.3 Å². The minimum absolute atomic E-state index is 0.146. The Morgan fingerprint density at radius 2 is 2.23 bits per heavy atom. The van der Waals surface area contributed by atoms with Crippen LogP contribution in [0.15, 0.2) is 30.5 Å². The molecule has 0 bridgehead atoms. The molecule has 2 rings (SSSR count). The molecule has 1 amide bonds. The van der Waals surface area contributed by atoms with E-state index in [0.717, 1.165) is 5.69 Å². The summed E-state index contributed by atoms with van der Waals surface area (Å²) in [5.41, 5.74) is 0.888. The van der Waals surface area contributed by atoms with Crippen molar-refractivity contribution in [1.29, 1.82) is 0 Å². The Kier molecular flexibility index (Phi) is 4.72. The number of nitro benzene ring substituents is 1. The Morgan fingerprint density at radius 3 is 2.82 bits per heavy atom. The van der Waals surface area contributed by atoms with Gasteiger partial charge in [-0.15, -0.1) is 0 Å². The number of carbonyl (C=O) groups is 1. The Morgan fingerprint density at radius 1 is 1.45 bits per heavy atom. The molecule has 1 heterocycles. The standard InChI is InChI=1S/C14H16N4O4/c1-10-5-7-15-17(10)8-6-14(19)16-12-4-3-11(22-2)9-13(12)18(20)21/h3-5,7,9H,6,8H2,1-2H3,(H,16,19). The fourth-order valence-corrected chi connectivity index (χ4v) is 1.95. The van der Waals surface area contributed by atoms with E-state index in [2.05, 4.69) is 10.4 Å². The highest BCUT2D eigenvalue weighted by Gasteiger charge is 2.17. The lowest BCUT2D eigenvalue weighted by molar-refractivity contribution is -0.384. The number of nitrogens with one attached hydrogen (secondary N) is 1. The lowest BCUT2D eigenvalue weighted by Crippen LogP contribution is -2.16. The van der Waals surface area contributed by atoms with Crippen LogP contribution in [0.5, 0.6) is 5.75 Å². The molecule has 0 atom stereocenters. The van der Waals surface area contributed by atoms with Gasteiger partial charge < -0.3 is 10.1 Å². The van der Waals surface area contributed by atoms with Gasteiger partial charge in [0.1, 0.15) is 11.4 Å². The van der Waals surface area contributed by atoms with Crippen molar-refractivity contribution < 1.29 is 14.5 Å². The minimum Gasteiger partial charge on any atom is -0.496 e. The average Bonchev–Trinajstić information content (AvgIpc) is 2.90. The van der Waals surface area contributed by atoms with E-state index >= 15 is 0 Å². The van der Waals surface area contributed by atoms with Crippen LogP contribution in [0.3, 0.4) is 0 Å². The first-order chi connectivity index (χ1) is 10.5. The van der Waals surface area contributed by atoms with Gasteiger partial charge in [-0.3, -0.25) is 19.6 Å². The number of carbonyl (C=O) groups excluding carboxylic acids is 1. The number of rotatable bonds is 6. The van der Waals surface area contributed by atoms with Gasteiger partial charge in [-0.2, -0.15) is 5.10 Å². The van der Waals surface area contributed by atoms with Crippen LogP contribution in [0.4, 0.5) is 11.4 Å². The number of amides is 1. The summed E-state index contributed by atoms with van der Waals surface area (Å²) in [7, 11) is 1.42. The van der Waals surface area contributed by atoms with Crippen molar-refractivity contribution >= 4 is 17.3 Å². The van der Waals surface area contributed by atoms with Gasteiger partial charge in [-0.1, -0.05) is 0 Å². The van der Waals surface area contributed by atoms with Crippen LogP contribution in [0.25, 0.3) is 0 Å². The lowest BCUT2D eigenvalue weighted by Gasteiger charge is -2.08. The predicted octanol–water partition coefficient (Wildman–Crippen LogP) is 2.14. The minimum atomic E-state index is -0.560. The Balaban J connectivity index is 2.05. The first-order valence-corrected chi connectivity index (χ1v) is 6.62. The van der Waals surface area contributed by atoms with Crippen LogP contribution in [-0.4, -0.2) is 27.7 Å². The molecule has 0 saturated heterocycles. The van der Waals surface area contributed by atoms with Crippen LogP contribution >= 0.6 is 0 Å². The van der Waals surface area contributed by atoms with Gasteiger partial charge in [-0.05, 0) is 25.1 Å². The first kappa shape index (κ1) is 15.5. The summed E-state index contributed by atoms with van der Waals surface area (Å²) in [5.74, 6) is 0.0417. The number of nitro groups is 1. The van der Waals surface area contributed by atoms with Gasteiger partial charge in [0.2, 0.25) is 5.91 Å². The van der Waals surface area contributed by atoms with Gasteiger partial charge in [0.15, 0.2) is 0 Å². The molecule has 2 aromatic rings. The summed E-state index contributed by atoms with van der Waals surface area (Å²) < 4.78 is 6.64. The quantitative estimate of drug-likeness (QED) is 0.651. The molecular formula is C14H16N4O4. The Bertz CT molecular complexity index is 696. The summed E-state index contributed by atoms with van der Waals surface area (Å²) in [6.07, 6.45) is 1.83. The summed E-state index contributed by atoms with van der Waals surface area (Å²) in [6, 6.07) is 6.12. The molecule has 0 aliphatic rings. The molecule has 0 spiro atoms. The van der Waals surface area contributed by atoms with Crippen LogP contribution in [0.1, 0.15) is 12.1 Å². The van der Waals surface area contributed by atoms with Crippen molar-refractivity contribution in [2.45, 2.75) is 19.9 Å². The number of hydrogen-bond donors (Lipinski definition) is 1. The number of ether oxygens (including phenoxy) is 1. The molecule has 0 aliphatic carbocycles. The fourth-order valence-electron chi connectivity index (χ4n) is 1.95. The third kappa shape index (κ3) is 3.60. The Hall–Kier alpha value is -2.90. The molecule has 0 aliphatic heterocycles. The molecule has 0 radical (unpaired) electrons. The van der Waals surface area contributed by atoms with Gasteiger partial charge in [-0.25, -0.2) is 0 Å². The number of aryl methyl sites for hydroxylation is 2. The number of nitrogens with zero attached hydrogens (tertiary/aromatic N) is 3. The molecule has 1 aromatic heterocycles. The molecule has 1 N–H and O–H groups in total. The summed E-state index contributed by atoms with van der Waals surface area (Å²) in [6.45, 7) is 2.30. The van der Waals surface area contributed by atoms with Gasteiger partial charge in [0.05, 0.1) is 18.1 Å². The van der Waals surface area contributed by atoms with E-state index in [4.69, 9.17) is 4.74 Å². The highest BCUT2D eigenvalue weighted by atomic mass is 16.6. The zero-order valence-electron chi connectivity index (χ0n) is 12.3. The van der Waals surface area contributed by atoms with E-state index in [1.165, 1.54) is 19.2 Å². The third-order valence-corrected chi connectivity index (χ3v) is 3.16. The molecule has 8 heteroatoms. The molecule has 0 fully saturated rings. The van der Waals surface area contributed by atoms with Gasteiger partial charge >= 0.3 is 0 Å². The molecular weight excluding hydrogens is 288 g/mol. The van der Waals surface area contributed by atoms with Crippen LogP contribution in [-0.2, 0) is 11.3 Å². The van der Waals surface area contributed by atoms with E-state index in [-0.39, 0.29) is 23.7 Å². The SMILES string of the molecule is COc1ccc(NC(=O)CCn2nccc2C)c([N+](=O)[O-])c1. The maximum Gasteiger partial charge on any atom is 0.296 e. The van der Waals surface area contributed by atoms with Crippen molar-refractivity contribution in [3.05, 3.63) is 46.3 Å². The number of methoxy groups -OCH3 is 1. The number of aromatic nitrogens is 2. The molecule has 116 valence electrons. The van der Waals surface area contributed by atoms with E-state index in [9.17, 15) is 14.9 Å². The van der Waals surface area contributed by atoms with Crippen molar-refractivity contribution in [2.75, 3.05) is 12.4 Å². The van der Waals surface area contributed by atoms with Crippen molar-refractivity contribution in [1.82, 2.24) is 9.78 Å². The second-order valence-corrected chi connectivity index (χ2v) is 4.63. The highest BCUT2D eigenvalue weighted by Crippen LogP contribution is 2.28. The van der Waals surface area contributed by atoms with E-state index < -0.39 is 4.92 Å². The van der Waals surface area contributed by atoms with E-state index in [1.807, 2.05) is 13.0 Å². The van der Waals surface area contributed by atoms with Crippen molar-refractivity contribution in [3.63, 3.8) is 0 Å². The van der Waals surface area contributed by atoms with Crippen LogP contribution in [0.2, 0.25) is 0 Å². The van der Waals surface area contributed by atoms with E-state index in [1.54, 1.807) is 16.9 Å². The highest BCUT2D eigenvalue weighted by molar-refractivity contribution is 5.93. The lowest BCUT2D eigenvalue weighted by atomic mass is 10.2. The molecule has 0 saturated carbocycles. The van der Waals surface area contributed by atoms with Gasteiger partial charge in [0.25, 0.3) is 5.69 Å².